The molecule has 0 radical (unpaired) electrons. The molecule has 1 fully saturated rings. The number of nitrogens with one attached hydrogen (secondary N) is 1. The van der Waals surface area contributed by atoms with Crippen molar-refractivity contribution >= 4 is 9.73 Å². The molecule has 1 aromatic carbocycles. The largest absolute Gasteiger partial charge is 0.492 e. The van der Waals surface area contributed by atoms with Crippen LogP contribution in [0.5, 0.6) is 5.75 Å². The second-order valence-electron chi connectivity index (χ2n) is 6.81. The summed E-state index contributed by atoms with van der Waals surface area (Å²) in [4.78, 5) is 0.511. The summed E-state index contributed by atoms with van der Waals surface area (Å²) in [6.07, 6.45) is 2.37. The van der Waals surface area contributed by atoms with Gasteiger partial charge in [0.1, 0.15) is 5.75 Å². The third kappa shape index (κ3) is 4.46. The fourth-order valence-corrected chi connectivity index (χ4v) is 3.58. The molecule has 1 N–H and O–H groups in total. The van der Waals surface area contributed by atoms with E-state index >= 15 is 0 Å². The van der Waals surface area contributed by atoms with Crippen LogP contribution < -0.4 is 4.74 Å². The first-order valence-electron chi connectivity index (χ1n) is 7.84. The molecule has 22 heavy (non-hydrogen) atoms. The third-order valence-corrected chi connectivity index (χ3v) is 5.20. The molecule has 0 aromatic heterocycles. The fourth-order valence-electron chi connectivity index (χ4n) is 2.69. The molecular formula is C17H27NO3S. The van der Waals surface area contributed by atoms with E-state index in [1.807, 2.05) is 18.2 Å². The van der Waals surface area contributed by atoms with Gasteiger partial charge in [0.15, 0.2) is 0 Å². The van der Waals surface area contributed by atoms with E-state index in [-0.39, 0.29) is 0 Å². The first kappa shape index (κ1) is 17.3. The van der Waals surface area contributed by atoms with Gasteiger partial charge in [0.25, 0.3) is 0 Å². The van der Waals surface area contributed by atoms with Crippen LogP contribution in [0.4, 0.5) is 0 Å². The second kappa shape index (κ2) is 7.01. The lowest BCUT2D eigenvalue weighted by molar-refractivity contribution is 0.166. The van der Waals surface area contributed by atoms with Crippen molar-refractivity contribution in [2.75, 3.05) is 26.1 Å². The van der Waals surface area contributed by atoms with Crippen LogP contribution in [0.3, 0.4) is 0 Å². The van der Waals surface area contributed by atoms with Gasteiger partial charge in [-0.3, -0.25) is 0 Å². The number of benzene rings is 1. The fraction of sp³-hybridized carbons (Fsp3) is 0.647. The highest BCUT2D eigenvalue weighted by atomic mass is 32.2. The molecule has 0 amide bonds. The predicted molar refractivity (Wildman–Crippen MR) is 89.0 cm³/mol. The third-order valence-electron chi connectivity index (χ3n) is 4.04. The summed E-state index contributed by atoms with van der Waals surface area (Å²) in [7, 11) is -2.81. The molecule has 1 aromatic rings. The van der Waals surface area contributed by atoms with Crippen molar-refractivity contribution in [2.45, 2.75) is 32.1 Å². The topological polar surface area (TPSA) is 59.4 Å². The molecule has 3 atom stereocenters. The lowest BCUT2D eigenvalue weighted by atomic mass is 9.99. The number of rotatable bonds is 6. The first-order chi connectivity index (χ1) is 10.3. The Hall–Kier alpha value is -1.07. The van der Waals surface area contributed by atoms with Crippen molar-refractivity contribution in [3.8, 4) is 5.75 Å². The second-order valence-corrected chi connectivity index (χ2v) is 8.94. The summed E-state index contributed by atoms with van der Waals surface area (Å²) in [6, 6.07) is 5.75. The van der Waals surface area contributed by atoms with Crippen molar-refractivity contribution in [1.29, 1.82) is 4.78 Å². The standard InChI is InChI=1S/C17H27NO3S/c1-12(2)7-14-5-6-16(17(8-14)22(4,18)19)21-11-15-10-20-9-13(15)3/h5-6,8,12-13,15,18H,7,9-11H2,1-4H3. The van der Waals surface area contributed by atoms with Gasteiger partial charge in [0.2, 0.25) is 0 Å². The zero-order chi connectivity index (χ0) is 16.3. The molecule has 0 spiro atoms. The van der Waals surface area contributed by atoms with Gasteiger partial charge < -0.3 is 9.47 Å². The first-order valence-corrected chi connectivity index (χ1v) is 9.81. The van der Waals surface area contributed by atoms with E-state index in [9.17, 15) is 4.21 Å². The van der Waals surface area contributed by atoms with Gasteiger partial charge in [-0.1, -0.05) is 26.8 Å². The van der Waals surface area contributed by atoms with Crippen LogP contribution in [-0.2, 0) is 20.9 Å². The van der Waals surface area contributed by atoms with Crippen molar-refractivity contribution in [1.82, 2.24) is 0 Å². The van der Waals surface area contributed by atoms with Crippen molar-refractivity contribution < 1.29 is 13.7 Å². The number of ether oxygens (including phenoxy) is 2. The summed E-state index contributed by atoms with van der Waals surface area (Å²) in [6.45, 7) is 8.49. The maximum Gasteiger partial charge on any atom is 0.136 e. The highest BCUT2D eigenvalue weighted by Crippen LogP contribution is 2.28. The predicted octanol–water partition coefficient (Wildman–Crippen LogP) is 3.58. The average Bonchev–Trinajstić information content (AvgIpc) is 2.81. The van der Waals surface area contributed by atoms with E-state index in [1.54, 1.807) is 0 Å². The van der Waals surface area contributed by atoms with Crippen LogP contribution in [0.1, 0.15) is 26.3 Å². The Morgan fingerprint density at radius 3 is 2.68 bits per heavy atom. The highest BCUT2D eigenvalue weighted by molar-refractivity contribution is 7.91. The Morgan fingerprint density at radius 1 is 1.41 bits per heavy atom. The Labute approximate surface area is 134 Å². The molecule has 1 aliphatic heterocycles. The van der Waals surface area contributed by atoms with Gasteiger partial charge in [-0.25, -0.2) is 8.99 Å². The van der Waals surface area contributed by atoms with Crippen LogP contribution in [-0.4, -0.2) is 30.3 Å². The van der Waals surface area contributed by atoms with Gasteiger partial charge in [-0.15, -0.1) is 0 Å². The number of hydrogen-bond acceptors (Lipinski definition) is 4. The summed E-state index contributed by atoms with van der Waals surface area (Å²) in [5.41, 5.74) is 1.11. The zero-order valence-corrected chi connectivity index (χ0v) is 14.7. The maximum atomic E-state index is 12.3. The van der Waals surface area contributed by atoms with Crippen LogP contribution in [0, 0.1) is 22.5 Å². The van der Waals surface area contributed by atoms with E-state index in [0.29, 0.717) is 41.6 Å². The van der Waals surface area contributed by atoms with Crippen molar-refractivity contribution in [3.63, 3.8) is 0 Å². The van der Waals surface area contributed by atoms with Crippen molar-refractivity contribution in [3.05, 3.63) is 23.8 Å². The Balaban J connectivity index is 2.19. The minimum Gasteiger partial charge on any atom is -0.492 e. The van der Waals surface area contributed by atoms with Crippen LogP contribution in [0.25, 0.3) is 0 Å². The molecular weight excluding hydrogens is 298 g/mol. The molecule has 1 saturated heterocycles. The van der Waals surface area contributed by atoms with Gasteiger partial charge >= 0.3 is 0 Å². The summed E-state index contributed by atoms with van der Waals surface area (Å²) < 4.78 is 31.6. The highest BCUT2D eigenvalue weighted by Gasteiger charge is 2.25. The normalized spacial score (nSPS) is 24.4. The molecule has 1 aliphatic rings. The van der Waals surface area contributed by atoms with Crippen LogP contribution >= 0.6 is 0 Å². The lowest BCUT2D eigenvalue weighted by Crippen LogP contribution is -2.18. The molecule has 1 heterocycles. The SMILES string of the molecule is CC(C)Cc1ccc(OCC2COCC2C)c(S(C)(=N)=O)c1. The molecule has 3 unspecified atom stereocenters. The van der Waals surface area contributed by atoms with Gasteiger partial charge in [0, 0.05) is 18.8 Å². The molecule has 4 nitrogen and oxygen atoms in total. The van der Waals surface area contributed by atoms with Gasteiger partial charge in [0.05, 0.1) is 27.8 Å². The monoisotopic (exact) mass is 325 g/mol. The molecule has 0 bridgehead atoms. The molecule has 124 valence electrons. The minimum atomic E-state index is -2.81. The van der Waals surface area contributed by atoms with E-state index < -0.39 is 9.73 Å². The zero-order valence-electron chi connectivity index (χ0n) is 13.9. The average molecular weight is 325 g/mol. The summed E-state index contributed by atoms with van der Waals surface area (Å²) in [5, 5.41) is 0. The van der Waals surface area contributed by atoms with Crippen LogP contribution in [0.2, 0.25) is 0 Å². The van der Waals surface area contributed by atoms with E-state index in [4.69, 9.17) is 14.3 Å². The Bertz CT molecular complexity index is 610. The molecule has 0 saturated carbocycles. The minimum absolute atomic E-state index is 0.363. The van der Waals surface area contributed by atoms with Gasteiger partial charge in [-0.05, 0) is 36.0 Å². The maximum absolute atomic E-state index is 12.3. The summed E-state index contributed by atoms with van der Waals surface area (Å²) >= 11 is 0. The molecule has 0 aliphatic carbocycles. The van der Waals surface area contributed by atoms with Crippen molar-refractivity contribution in [2.24, 2.45) is 17.8 Å². The smallest absolute Gasteiger partial charge is 0.136 e. The van der Waals surface area contributed by atoms with E-state index in [0.717, 1.165) is 18.6 Å². The molecule has 2 rings (SSSR count). The van der Waals surface area contributed by atoms with Gasteiger partial charge in [-0.2, -0.15) is 0 Å². The van der Waals surface area contributed by atoms with Crippen LogP contribution in [0.15, 0.2) is 23.1 Å². The Morgan fingerprint density at radius 2 is 2.14 bits per heavy atom. The lowest BCUT2D eigenvalue weighted by Gasteiger charge is -2.18. The Kier molecular flexibility index (Phi) is 5.50. The quantitative estimate of drug-likeness (QED) is 0.869. The summed E-state index contributed by atoms with van der Waals surface area (Å²) in [5.74, 6) is 1.94. The molecule has 5 heteroatoms. The number of hydrogen-bond donors (Lipinski definition) is 1. The van der Waals surface area contributed by atoms with E-state index in [2.05, 4.69) is 20.8 Å². The van der Waals surface area contributed by atoms with E-state index in [1.165, 1.54) is 6.26 Å².